The van der Waals surface area contributed by atoms with Crippen molar-refractivity contribution in [3.63, 3.8) is 0 Å². The third-order valence-corrected chi connectivity index (χ3v) is 5.36. The third-order valence-electron chi connectivity index (χ3n) is 5.36. The highest BCUT2D eigenvalue weighted by atomic mass is 16.5. The number of methoxy groups -OCH3 is 1. The fourth-order valence-corrected chi connectivity index (χ4v) is 4.18. The number of rotatable bonds is 5. The van der Waals surface area contributed by atoms with E-state index in [1.54, 1.807) is 7.11 Å². The summed E-state index contributed by atoms with van der Waals surface area (Å²) in [6.07, 6.45) is 3.26. The van der Waals surface area contributed by atoms with Gasteiger partial charge in [-0.2, -0.15) is 0 Å². The highest BCUT2D eigenvalue weighted by Crippen LogP contribution is 2.48. The van der Waals surface area contributed by atoms with Crippen molar-refractivity contribution in [3.05, 3.63) is 82.9 Å². The normalized spacial score (nSPS) is 14.6. The van der Waals surface area contributed by atoms with Gasteiger partial charge in [-0.15, -0.1) is 0 Å². The van der Waals surface area contributed by atoms with Crippen molar-refractivity contribution in [2.24, 2.45) is 5.73 Å². The molecule has 3 nitrogen and oxygen atoms in total. The Balaban J connectivity index is 1.99. The molecule has 1 aliphatic carbocycles. The summed E-state index contributed by atoms with van der Waals surface area (Å²) < 4.78 is 5.62. The second-order valence-corrected chi connectivity index (χ2v) is 6.96. The fraction of sp³-hybridized carbons (Fsp3) is 0.160. The van der Waals surface area contributed by atoms with Gasteiger partial charge in [0.15, 0.2) is 0 Å². The monoisotopic (exact) mass is 369 g/mol. The van der Waals surface area contributed by atoms with Gasteiger partial charge < -0.3 is 10.5 Å². The Kier molecular flexibility index (Phi) is 4.74. The lowest BCUT2D eigenvalue weighted by Crippen LogP contribution is -2.11. The minimum absolute atomic E-state index is 0.212. The molecular weight excluding hydrogens is 346 g/mol. The van der Waals surface area contributed by atoms with Crippen molar-refractivity contribution in [2.45, 2.75) is 19.8 Å². The number of allylic oxidation sites excluding steroid dienone is 2. The molecule has 28 heavy (non-hydrogen) atoms. The summed E-state index contributed by atoms with van der Waals surface area (Å²) in [6.45, 7) is 2.12. The van der Waals surface area contributed by atoms with Gasteiger partial charge in [0.25, 0.3) is 0 Å². The maximum absolute atomic E-state index is 11.8. The lowest BCUT2D eigenvalue weighted by atomic mass is 9.96. The van der Waals surface area contributed by atoms with Crippen molar-refractivity contribution >= 4 is 33.9 Å². The van der Waals surface area contributed by atoms with Gasteiger partial charge in [0, 0.05) is 5.56 Å². The molecule has 3 aromatic rings. The van der Waals surface area contributed by atoms with E-state index in [1.807, 2.05) is 12.1 Å². The molecule has 140 valence electrons. The number of carbonyl (C=O) groups excluding carboxylic acids is 1. The molecule has 0 saturated carbocycles. The van der Waals surface area contributed by atoms with Crippen molar-refractivity contribution in [2.75, 3.05) is 7.11 Å². The Morgan fingerprint density at radius 2 is 1.75 bits per heavy atom. The van der Waals surface area contributed by atoms with Crippen molar-refractivity contribution in [1.82, 2.24) is 0 Å². The van der Waals surface area contributed by atoms with Gasteiger partial charge in [-0.05, 0) is 57.2 Å². The first kappa shape index (κ1) is 18.1. The van der Waals surface area contributed by atoms with Crippen LogP contribution in [-0.4, -0.2) is 13.0 Å². The van der Waals surface area contributed by atoms with Crippen LogP contribution in [-0.2, 0) is 4.79 Å². The smallest absolute Gasteiger partial charge is 0.221 e. The van der Waals surface area contributed by atoms with Crippen molar-refractivity contribution < 1.29 is 9.53 Å². The molecule has 0 aromatic heterocycles. The molecule has 0 aliphatic heterocycles. The summed E-state index contributed by atoms with van der Waals surface area (Å²) in [5, 5.41) is 2.42. The summed E-state index contributed by atoms with van der Waals surface area (Å²) in [7, 11) is 1.66. The number of hydrogen-bond donors (Lipinski definition) is 1. The first-order chi connectivity index (χ1) is 13.6. The van der Waals surface area contributed by atoms with Gasteiger partial charge in [0.2, 0.25) is 5.91 Å². The Morgan fingerprint density at radius 1 is 1.00 bits per heavy atom. The van der Waals surface area contributed by atoms with E-state index < -0.39 is 0 Å². The number of benzene rings is 3. The fourth-order valence-electron chi connectivity index (χ4n) is 4.18. The molecule has 1 aliphatic rings. The number of carbonyl (C=O) groups is 1. The van der Waals surface area contributed by atoms with Crippen LogP contribution >= 0.6 is 0 Å². The summed E-state index contributed by atoms with van der Waals surface area (Å²) in [5.41, 5.74) is 12.1. The molecule has 0 radical (unpaired) electrons. The zero-order chi connectivity index (χ0) is 19.7. The van der Waals surface area contributed by atoms with E-state index in [1.165, 1.54) is 10.8 Å². The van der Waals surface area contributed by atoms with Crippen LogP contribution < -0.4 is 10.5 Å². The molecule has 0 spiro atoms. The molecule has 0 fully saturated rings. The second kappa shape index (κ2) is 7.35. The Labute approximate surface area is 165 Å². The molecule has 0 heterocycles. The molecular formula is C25H23NO2. The average molecular weight is 369 g/mol. The van der Waals surface area contributed by atoms with Gasteiger partial charge >= 0.3 is 0 Å². The van der Waals surface area contributed by atoms with Gasteiger partial charge in [0.1, 0.15) is 5.75 Å². The van der Waals surface area contributed by atoms with Crippen molar-refractivity contribution in [1.29, 1.82) is 0 Å². The summed E-state index contributed by atoms with van der Waals surface area (Å²) >= 11 is 0. The zero-order valence-electron chi connectivity index (χ0n) is 16.2. The van der Waals surface area contributed by atoms with Crippen LogP contribution in [0.3, 0.4) is 0 Å². The predicted octanol–water partition coefficient (Wildman–Crippen LogP) is 5.44. The molecule has 0 bridgehead atoms. The number of fused-ring (bicyclic) bond motifs is 2. The first-order valence-corrected chi connectivity index (χ1v) is 9.52. The lowest BCUT2D eigenvalue weighted by molar-refractivity contribution is -0.117. The van der Waals surface area contributed by atoms with E-state index in [4.69, 9.17) is 10.5 Å². The van der Waals surface area contributed by atoms with E-state index in [0.29, 0.717) is 0 Å². The van der Waals surface area contributed by atoms with Crippen LogP contribution in [0.4, 0.5) is 0 Å². The van der Waals surface area contributed by atoms with E-state index in [0.717, 1.165) is 45.6 Å². The van der Waals surface area contributed by atoms with Gasteiger partial charge in [0.05, 0.1) is 13.5 Å². The quantitative estimate of drug-likeness (QED) is 0.651. The maximum atomic E-state index is 11.8. The molecule has 4 rings (SSSR count). The highest BCUT2D eigenvalue weighted by Gasteiger charge is 2.29. The molecule has 1 amide bonds. The third kappa shape index (κ3) is 2.99. The second-order valence-electron chi connectivity index (χ2n) is 6.96. The van der Waals surface area contributed by atoms with Gasteiger partial charge in [-0.1, -0.05) is 61.5 Å². The largest absolute Gasteiger partial charge is 0.496 e. The molecule has 3 aromatic carbocycles. The van der Waals surface area contributed by atoms with Crippen LogP contribution in [0.5, 0.6) is 5.75 Å². The average Bonchev–Trinajstić information content (AvgIpc) is 3.00. The molecule has 0 saturated heterocycles. The van der Waals surface area contributed by atoms with Crippen LogP contribution in [0.25, 0.3) is 28.0 Å². The van der Waals surface area contributed by atoms with Crippen LogP contribution in [0, 0.1) is 0 Å². The van der Waals surface area contributed by atoms with Crippen LogP contribution in [0.15, 0.2) is 66.2 Å². The minimum Gasteiger partial charge on any atom is -0.496 e. The highest BCUT2D eigenvalue weighted by molar-refractivity contribution is 6.11. The summed E-state index contributed by atoms with van der Waals surface area (Å²) in [4.78, 5) is 11.8. The number of primary amides is 1. The zero-order valence-corrected chi connectivity index (χ0v) is 16.2. The molecule has 2 N–H and O–H groups in total. The lowest BCUT2D eigenvalue weighted by Gasteiger charge is -2.10. The first-order valence-electron chi connectivity index (χ1n) is 9.52. The number of amides is 1. The van der Waals surface area contributed by atoms with E-state index in [9.17, 15) is 4.79 Å². The van der Waals surface area contributed by atoms with Gasteiger partial charge in [-0.3, -0.25) is 4.79 Å². The van der Waals surface area contributed by atoms with E-state index in [-0.39, 0.29) is 12.3 Å². The van der Waals surface area contributed by atoms with Crippen molar-refractivity contribution in [3.8, 4) is 5.75 Å². The molecule has 0 atom stereocenters. The number of nitrogens with two attached hydrogens (primary N) is 1. The summed E-state index contributed by atoms with van der Waals surface area (Å²) in [5.74, 6) is 0.449. The Hall–Kier alpha value is -3.33. The molecule has 3 heteroatoms. The van der Waals surface area contributed by atoms with E-state index >= 15 is 0 Å². The topological polar surface area (TPSA) is 52.3 Å². The minimum atomic E-state index is -0.329. The molecule has 0 unspecified atom stereocenters. The van der Waals surface area contributed by atoms with E-state index in [2.05, 4.69) is 61.5 Å². The standard InChI is InChI=1S/C25H23NO2/c1-3-18-21(14-17-10-6-9-16-8-4-5-11-19(16)17)20-12-7-13-23(28-2)25(20)22(18)15-24(26)27/h4-14H,3,15H2,1-2H3,(H2,26,27)/b21-14-. The Morgan fingerprint density at radius 3 is 2.50 bits per heavy atom. The Bertz CT molecular complexity index is 1130. The number of ether oxygens (including phenoxy) is 1. The SMILES string of the molecule is CCC1=C(CC(N)=O)c2c(OC)cccc2/C1=C\c1cccc2ccccc12. The van der Waals surface area contributed by atoms with Gasteiger partial charge in [-0.25, -0.2) is 0 Å². The van der Waals surface area contributed by atoms with Crippen LogP contribution in [0.2, 0.25) is 0 Å². The summed E-state index contributed by atoms with van der Waals surface area (Å²) in [6, 6.07) is 20.7. The van der Waals surface area contributed by atoms with Crippen LogP contribution in [0.1, 0.15) is 36.5 Å². The number of hydrogen-bond acceptors (Lipinski definition) is 2. The maximum Gasteiger partial charge on any atom is 0.221 e. The predicted molar refractivity (Wildman–Crippen MR) is 116 cm³/mol.